The highest BCUT2D eigenvalue weighted by atomic mass is 16.2. The van der Waals surface area contributed by atoms with Gasteiger partial charge in [-0.15, -0.1) is 0 Å². The quantitative estimate of drug-likeness (QED) is 0.904. The van der Waals surface area contributed by atoms with E-state index in [0.29, 0.717) is 17.5 Å². The number of rotatable bonds is 4. The zero-order valence-corrected chi connectivity index (χ0v) is 15.1. The Kier molecular flexibility index (Phi) is 5.69. The number of carbonyl (C=O) groups excluding carboxylic acids is 1. The van der Waals surface area contributed by atoms with Crippen molar-refractivity contribution in [2.75, 3.05) is 18.4 Å². The predicted molar refractivity (Wildman–Crippen MR) is 102 cm³/mol. The number of nitrogens with one attached hydrogen (secondary N) is 1. The summed E-state index contributed by atoms with van der Waals surface area (Å²) < 4.78 is 0. The van der Waals surface area contributed by atoms with Crippen LogP contribution < -0.4 is 5.32 Å². The van der Waals surface area contributed by atoms with E-state index in [-0.39, 0.29) is 5.91 Å². The van der Waals surface area contributed by atoms with Gasteiger partial charge in [0.2, 0.25) is 0 Å². The molecule has 4 nitrogen and oxygen atoms in total. The number of aromatic nitrogens is 1. The molecule has 1 aliphatic heterocycles. The van der Waals surface area contributed by atoms with Crippen molar-refractivity contribution >= 4 is 11.7 Å². The fourth-order valence-electron chi connectivity index (χ4n) is 3.44. The van der Waals surface area contributed by atoms with E-state index in [1.807, 2.05) is 17.0 Å². The fourth-order valence-corrected chi connectivity index (χ4v) is 3.44. The summed E-state index contributed by atoms with van der Waals surface area (Å²) in [6.07, 6.45) is 4.90. The van der Waals surface area contributed by atoms with E-state index in [2.05, 4.69) is 54.5 Å². The summed E-state index contributed by atoms with van der Waals surface area (Å²) >= 11 is 0. The van der Waals surface area contributed by atoms with Gasteiger partial charge < -0.3 is 10.2 Å². The van der Waals surface area contributed by atoms with Gasteiger partial charge in [0.25, 0.3) is 5.91 Å². The molecule has 0 bridgehead atoms. The number of benzene rings is 1. The molecule has 1 saturated heterocycles. The van der Waals surface area contributed by atoms with Crippen LogP contribution in [0.2, 0.25) is 0 Å². The summed E-state index contributed by atoms with van der Waals surface area (Å²) in [6, 6.07) is 14.7. The Balaban J connectivity index is 1.63. The van der Waals surface area contributed by atoms with Crippen LogP contribution in [0.5, 0.6) is 0 Å². The number of nitrogens with zero attached hydrogens (tertiary/aromatic N) is 2. The minimum atomic E-state index is 0.0947. The molecule has 1 N–H and O–H groups in total. The second-order valence-electron chi connectivity index (χ2n) is 7.06. The Bertz CT molecular complexity index is 682. The van der Waals surface area contributed by atoms with E-state index in [4.69, 9.17) is 0 Å². The lowest BCUT2D eigenvalue weighted by atomic mass is 9.92. The molecular formula is C21H27N3O. The maximum Gasteiger partial charge on any atom is 0.255 e. The highest BCUT2D eigenvalue weighted by Gasteiger charge is 2.22. The number of anilines is 1. The first-order valence-electron chi connectivity index (χ1n) is 9.20. The van der Waals surface area contributed by atoms with Crippen molar-refractivity contribution in [3.05, 3.63) is 59.8 Å². The van der Waals surface area contributed by atoms with Crippen molar-refractivity contribution < 1.29 is 4.79 Å². The van der Waals surface area contributed by atoms with Crippen LogP contribution in [0.3, 0.4) is 0 Å². The average Bonchev–Trinajstić information content (AvgIpc) is 2.88. The molecule has 1 aliphatic rings. The maximum atomic E-state index is 12.8. The first kappa shape index (κ1) is 17.5. The van der Waals surface area contributed by atoms with Gasteiger partial charge in [0.1, 0.15) is 5.82 Å². The number of pyridine rings is 1. The van der Waals surface area contributed by atoms with Crippen LogP contribution in [0, 0.1) is 0 Å². The topological polar surface area (TPSA) is 45.2 Å². The maximum absolute atomic E-state index is 12.8. The summed E-state index contributed by atoms with van der Waals surface area (Å²) in [5, 5.41) is 3.25. The molecule has 2 aromatic rings. The summed E-state index contributed by atoms with van der Waals surface area (Å²) in [4.78, 5) is 19.1. The van der Waals surface area contributed by atoms with Crippen LogP contribution in [-0.2, 0) is 0 Å². The molecule has 0 spiro atoms. The smallest absolute Gasteiger partial charge is 0.255 e. The molecule has 1 aromatic heterocycles. The van der Waals surface area contributed by atoms with Gasteiger partial charge in [0.15, 0.2) is 0 Å². The Morgan fingerprint density at radius 3 is 2.60 bits per heavy atom. The molecule has 1 atom stereocenters. The standard InChI is InChI=1S/C21H27N3O/c1-16(2)23-20-11-10-19(15-22-20)21(25)24-13-6-9-18(12-14-24)17-7-4-3-5-8-17/h3-5,7-8,10-11,15-16,18H,6,9,12-14H2,1-2H3,(H,22,23)/t18-/m1/s1. The minimum absolute atomic E-state index is 0.0947. The van der Waals surface area contributed by atoms with Gasteiger partial charge in [-0.1, -0.05) is 30.3 Å². The third-order valence-corrected chi connectivity index (χ3v) is 4.73. The van der Waals surface area contributed by atoms with Gasteiger partial charge in [-0.2, -0.15) is 0 Å². The summed E-state index contributed by atoms with van der Waals surface area (Å²) in [5.41, 5.74) is 2.06. The zero-order chi connectivity index (χ0) is 17.6. The van der Waals surface area contributed by atoms with E-state index in [0.717, 1.165) is 38.2 Å². The number of amides is 1. The first-order valence-corrected chi connectivity index (χ1v) is 9.20. The summed E-state index contributed by atoms with van der Waals surface area (Å²) in [6.45, 7) is 5.78. The average molecular weight is 337 g/mol. The molecule has 1 amide bonds. The Morgan fingerprint density at radius 2 is 1.92 bits per heavy atom. The van der Waals surface area contributed by atoms with E-state index in [1.165, 1.54) is 5.56 Å². The van der Waals surface area contributed by atoms with Crippen LogP contribution in [0.1, 0.15) is 54.9 Å². The molecule has 2 heterocycles. The number of likely N-dealkylation sites (tertiary alicyclic amines) is 1. The summed E-state index contributed by atoms with van der Waals surface area (Å²) in [5.74, 6) is 1.46. The van der Waals surface area contributed by atoms with Gasteiger partial charge in [0.05, 0.1) is 5.56 Å². The molecule has 132 valence electrons. The van der Waals surface area contributed by atoms with Gasteiger partial charge in [-0.3, -0.25) is 4.79 Å². The molecule has 1 aromatic carbocycles. The van der Waals surface area contributed by atoms with Crippen LogP contribution in [0.4, 0.5) is 5.82 Å². The summed E-state index contributed by atoms with van der Waals surface area (Å²) in [7, 11) is 0. The highest BCUT2D eigenvalue weighted by molar-refractivity contribution is 5.94. The highest BCUT2D eigenvalue weighted by Crippen LogP contribution is 2.28. The molecule has 0 radical (unpaired) electrons. The van der Waals surface area contributed by atoms with Crippen LogP contribution in [-0.4, -0.2) is 34.9 Å². The monoisotopic (exact) mass is 337 g/mol. The van der Waals surface area contributed by atoms with Crippen molar-refractivity contribution in [3.63, 3.8) is 0 Å². The lowest BCUT2D eigenvalue weighted by molar-refractivity contribution is 0.0760. The molecular weight excluding hydrogens is 310 g/mol. The predicted octanol–water partition coefficient (Wildman–Crippen LogP) is 4.31. The van der Waals surface area contributed by atoms with E-state index in [1.54, 1.807) is 6.20 Å². The number of hydrogen-bond acceptors (Lipinski definition) is 3. The molecule has 4 heteroatoms. The number of carbonyl (C=O) groups is 1. The normalized spacial score (nSPS) is 18.0. The largest absolute Gasteiger partial charge is 0.368 e. The van der Waals surface area contributed by atoms with E-state index >= 15 is 0 Å². The number of hydrogen-bond donors (Lipinski definition) is 1. The van der Waals surface area contributed by atoms with Crippen molar-refractivity contribution in [3.8, 4) is 0 Å². The van der Waals surface area contributed by atoms with E-state index in [9.17, 15) is 4.79 Å². The third-order valence-electron chi connectivity index (χ3n) is 4.73. The molecule has 1 fully saturated rings. The fraction of sp³-hybridized carbons (Fsp3) is 0.429. The van der Waals surface area contributed by atoms with Crippen LogP contribution >= 0.6 is 0 Å². The zero-order valence-electron chi connectivity index (χ0n) is 15.1. The van der Waals surface area contributed by atoms with Gasteiger partial charge in [-0.25, -0.2) is 4.98 Å². The Labute approximate surface area is 150 Å². The third kappa shape index (κ3) is 4.59. The molecule has 25 heavy (non-hydrogen) atoms. The molecule has 3 rings (SSSR count). The molecule has 0 aliphatic carbocycles. The minimum Gasteiger partial charge on any atom is -0.368 e. The SMILES string of the molecule is CC(C)Nc1ccc(C(=O)N2CCC[C@@H](c3ccccc3)CC2)cn1. The van der Waals surface area contributed by atoms with Crippen LogP contribution in [0.25, 0.3) is 0 Å². The Hall–Kier alpha value is -2.36. The van der Waals surface area contributed by atoms with Crippen molar-refractivity contribution in [2.45, 2.75) is 45.1 Å². The van der Waals surface area contributed by atoms with Crippen molar-refractivity contribution in [1.82, 2.24) is 9.88 Å². The van der Waals surface area contributed by atoms with Gasteiger partial charge >= 0.3 is 0 Å². The second-order valence-corrected chi connectivity index (χ2v) is 7.06. The molecule has 0 saturated carbocycles. The Morgan fingerprint density at radius 1 is 1.12 bits per heavy atom. The van der Waals surface area contributed by atoms with E-state index < -0.39 is 0 Å². The van der Waals surface area contributed by atoms with Crippen LogP contribution in [0.15, 0.2) is 48.7 Å². The lowest BCUT2D eigenvalue weighted by Gasteiger charge is -2.21. The first-order chi connectivity index (χ1) is 12.1. The van der Waals surface area contributed by atoms with Gasteiger partial charge in [0, 0.05) is 25.3 Å². The van der Waals surface area contributed by atoms with Crippen molar-refractivity contribution in [2.24, 2.45) is 0 Å². The molecule has 0 unspecified atom stereocenters. The van der Waals surface area contributed by atoms with Crippen molar-refractivity contribution in [1.29, 1.82) is 0 Å². The second kappa shape index (κ2) is 8.15. The van der Waals surface area contributed by atoms with Gasteiger partial charge in [-0.05, 0) is 56.7 Å². The lowest BCUT2D eigenvalue weighted by Crippen LogP contribution is -2.32.